The van der Waals surface area contributed by atoms with Gasteiger partial charge in [-0.3, -0.25) is 0 Å². The lowest BCUT2D eigenvalue weighted by molar-refractivity contribution is 0.181. The molecule has 0 aromatic rings. The van der Waals surface area contributed by atoms with Crippen LogP contribution in [0.15, 0.2) is 0 Å². The van der Waals surface area contributed by atoms with Gasteiger partial charge in [0.15, 0.2) is 0 Å². The van der Waals surface area contributed by atoms with Gasteiger partial charge in [0.1, 0.15) is 0 Å². The van der Waals surface area contributed by atoms with Crippen LogP contribution in [-0.2, 0) is 14.8 Å². The minimum Gasteiger partial charge on any atom is -0.383 e. The number of hydrogen-bond donors (Lipinski definition) is 1. The third-order valence-corrected chi connectivity index (χ3v) is 3.83. The first-order chi connectivity index (χ1) is 6.70. The Kier molecular flexibility index (Phi) is 6.10. The minimum absolute atomic E-state index is 0.0805. The van der Waals surface area contributed by atoms with Gasteiger partial charge in [0.05, 0.1) is 18.4 Å². The van der Waals surface area contributed by atoms with E-state index in [9.17, 15) is 8.42 Å². The highest BCUT2D eigenvalue weighted by Crippen LogP contribution is 2.15. The third kappa shape index (κ3) is 8.02. The van der Waals surface area contributed by atoms with Gasteiger partial charge in [0, 0.05) is 13.0 Å². The summed E-state index contributed by atoms with van der Waals surface area (Å²) in [6.07, 6.45) is 0. The number of sulfonamides is 1. The molecule has 0 fully saturated rings. The van der Waals surface area contributed by atoms with Gasteiger partial charge in [-0.15, -0.1) is 11.6 Å². The Hall–Kier alpha value is 0.160. The van der Waals surface area contributed by atoms with Crippen molar-refractivity contribution < 1.29 is 13.2 Å². The fourth-order valence-electron chi connectivity index (χ4n) is 1.18. The van der Waals surface area contributed by atoms with Crippen molar-refractivity contribution in [3.05, 3.63) is 0 Å². The molecule has 0 aromatic carbocycles. The van der Waals surface area contributed by atoms with Crippen LogP contribution in [0.4, 0.5) is 0 Å². The van der Waals surface area contributed by atoms with Crippen LogP contribution in [0, 0.1) is 5.41 Å². The fraction of sp³-hybridized carbons (Fsp3) is 1.00. The second-order valence-corrected chi connectivity index (χ2v) is 6.81. The summed E-state index contributed by atoms with van der Waals surface area (Å²) in [5.41, 5.74) is -0.268. The van der Waals surface area contributed by atoms with E-state index in [0.29, 0.717) is 0 Å². The van der Waals surface area contributed by atoms with E-state index in [0.717, 1.165) is 0 Å². The number of nitrogens with one attached hydrogen (secondary N) is 1. The number of halogens is 1. The first kappa shape index (κ1) is 15.2. The molecule has 4 nitrogen and oxygen atoms in total. The molecule has 0 amide bonds. The molecular weight excluding hydrogens is 238 g/mol. The third-order valence-electron chi connectivity index (χ3n) is 1.52. The maximum absolute atomic E-state index is 11.7. The van der Waals surface area contributed by atoms with Crippen LogP contribution in [0.25, 0.3) is 0 Å². The van der Waals surface area contributed by atoms with Crippen molar-refractivity contribution in [3.63, 3.8) is 0 Å². The molecule has 0 radical (unpaired) electrons. The predicted molar refractivity (Wildman–Crippen MR) is 62.8 cm³/mol. The number of hydrogen-bond acceptors (Lipinski definition) is 3. The quantitative estimate of drug-likeness (QED) is 0.728. The molecule has 0 saturated carbocycles. The number of methoxy groups -OCH3 is 1. The molecule has 6 heteroatoms. The van der Waals surface area contributed by atoms with Crippen LogP contribution in [0.2, 0.25) is 0 Å². The molecule has 0 rings (SSSR count). The fourth-order valence-corrected chi connectivity index (χ4v) is 3.32. The van der Waals surface area contributed by atoms with Gasteiger partial charge < -0.3 is 4.74 Å². The van der Waals surface area contributed by atoms with Crippen LogP contribution in [0.5, 0.6) is 0 Å². The van der Waals surface area contributed by atoms with E-state index < -0.39 is 10.0 Å². The summed E-state index contributed by atoms with van der Waals surface area (Å²) in [4.78, 5) is 0. The van der Waals surface area contributed by atoms with Gasteiger partial charge in [0.2, 0.25) is 10.0 Å². The van der Waals surface area contributed by atoms with Crippen molar-refractivity contribution in [1.82, 2.24) is 4.72 Å². The summed E-state index contributed by atoms with van der Waals surface area (Å²) in [6, 6.07) is -0.357. The first-order valence-electron chi connectivity index (χ1n) is 4.75. The maximum atomic E-state index is 11.7. The number of ether oxygens (including phenoxy) is 1. The Morgan fingerprint density at radius 3 is 2.27 bits per heavy atom. The smallest absolute Gasteiger partial charge is 0.212 e. The Bertz CT molecular complexity index is 272. The van der Waals surface area contributed by atoms with Crippen molar-refractivity contribution in [2.24, 2.45) is 5.41 Å². The Morgan fingerprint density at radius 1 is 1.40 bits per heavy atom. The second-order valence-electron chi connectivity index (χ2n) is 4.74. The summed E-state index contributed by atoms with van der Waals surface area (Å²) >= 11 is 5.62. The lowest BCUT2D eigenvalue weighted by Gasteiger charge is -2.21. The Labute approximate surface area is 97.4 Å². The molecule has 0 spiro atoms. The first-order valence-corrected chi connectivity index (χ1v) is 6.94. The van der Waals surface area contributed by atoms with E-state index in [1.165, 1.54) is 7.11 Å². The van der Waals surface area contributed by atoms with Gasteiger partial charge in [-0.05, 0) is 5.41 Å². The maximum Gasteiger partial charge on any atom is 0.212 e. The minimum atomic E-state index is -3.29. The van der Waals surface area contributed by atoms with Crippen molar-refractivity contribution in [2.45, 2.75) is 26.8 Å². The molecule has 0 aliphatic heterocycles. The van der Waals surface area contributed by atoms with E-state index in [4.69, 9.17) is 16.3 Å². The monoisotopic (exact) mass is 257 g/mol. The van der Waals surface area contributed by atoms with Crippen molar-refractivity contribution in [3.8, 4) is 0 Å². The van der Waals surface area contributed by atoms with Gasteiger partial charge in [0.25, 0.3) is 0 Å². The van der Waals surface area contributed by atoms with E-state index >= 15 is 0 Å². The normalized spacial score (nSPS) is 15.3. The average Bonchev–Trinajstić information content (AvgIpc) is 1.98. The highest BCUT2D eigenvalue weighted by atomic mass is 35.5. The Balaban J connectivity index is 4.36. The highest BCUT2D eigenvalue weighted by molar-refractivity contribution is 7.89. The number of rotatable bonds is 6. The lowest BCUT2D eigenvalue weighted by atomic mass is 10.0. The van der Waals surface area contributed by atoms with E-state index in [2.05, 4.69) is 4.72 Å². The zero-order chi connectivity index (χ0) is 12.1. The van der Waals surface area contributed by atoms with Gasteiger partial charge >= 0.3 is 0 Å². The molecule has 0 aliphatic rings. The zero-order valence-corrected chi connectivity index (χ0v) is 11.3. The van der Waals surface area contributed by atoms with Crippen LogP contribution < -0.4 is 4.72 Å². The van der Waals surface area contributed by atoms with E-state index in [1.54, 1.807) is 0 Å². The van der Waals surface area contributed by atoms with Crippen LogP contribution in [0.1, 0.15) is 20.8 Å². The van der Waals surface area contributed by atoms with Crippen molar-refractivity contribution in [2.75, 3.05) is 25.3 Å². The molecule has 0 aromatic heterocycles. The van der Waals surface area contributed by atoms with Gasteiger partial charge in [-0.2, -0.15) is 0 Å². The van der Waals surface area contributed by atoms with Gasteiger partial charge in [-0.25, -0.2) is 13.1 Å². The molecule has 1 atom stereocenters. The largest absolute Gasteiger partial charge is 0.383 e. The van der Waals surface area contributed by atoms with Crippen molar-refractivity contribution >= 4 is 21.6 Å². The topological polar surface area (TPSA) is 55.4 Å². The molecule has 0 aliphatic carbocycles. The molecule has 1 N–H and O–H groups in total. The predicted octanol–water partition coefficient (Wildman–Crippen LogP) is 1.21. The zero-order valence-electron chi connectivity index (χ0n) is 9.71. The Morgan fingerprint density at radius 2 is 1.93 bits per heavy atom. The van der Waals surface area contributed by atoms with Crippen LogP contribution >= 0.6 is 11.6 Å². The summed E-state index contributed by atoms with van der Waals surface area (Å²) in [7, 11) is -1.78. The molecule has 0 bridgehead atoms. The molecule has 0 heterocycles. The standard InChI is InChI=1S/C9H20ClNO3S/c1-9(2,3)7-15(12,13)11-8(5-10)6-14-4/h8,11H,5-7H2,1-4H3. The lowest BCUT2D eigenvalue weighted by Crippen LogP contribution is -2.42. The SMILES string of the molecule is COCC(CCl)NS(=O)(=O)CC(C)(C)C. The summed E-state index contributed by atoms with van der Waals surface area (Å²) in [6.45, 7) is 5.90. The molecule has 92 valence electrons. The highest BCUT2D eigenvalue weighted by Gasteiger charge is 2.24. The molecule has 1 unspecified atom stereocenters. The molecular formula is C9H20ClNO3S. The summed E-state index contributed by atoms with van der Waals surface area (Å²) < 4.78 is 30.7. The van der Waals surface area contributed by atoms with Gasteiger partial charge in [-0.1, -0.05) is 20.8 Å². The second kappa shape index (κ2) is 6.03. The number of alkyl halides is 1. The molecule has 15 heavy (non-hydrogen) atoms. The average molecular weight is 258 g/mol. The van der Waals surface area contributed by atoms with Crippen LogP contribution in [-0.4, -0.2) is 39.8 Å². The summed E-state index contributed by atoms with van der Waals surface area (Å²) in [5.74, 6) is 0.286. The van der Waals surface area contributed by atoms with Crippen LogP contribution in [0.3, 0.4) is 0 Å². The summed E-state index contributed by atoms with van der Waals surface area (Å²) in [5, 5.41) is 0. The molecule has 0 saturated heterocycles. The van der Waals surface area contributed by atoms with E-state index in [1.807, 2.05) is 20.8 Å². The van der Waals surface area contributed by atoms with E-state index in [-0.39, 0.29) is 29.7 Å². The van der Waals surface area contributed by atoms with Crippen molar-refractivity contribution in [1.29, 1.82) is 0 Å².